The fourth-order valence-corrected chi connectivity index (χ4v) is 2.74. The van der Waals surface area contributed by atoms with Crippen molar-refractivity contribution in [3.05, 3.63) is 0 Å². The molecule has 1 aliphatic rings. The number of unbranched alkanes of at least 4 members (excludes halogenated alkanes) is 2. The summed E-state index contributed by atoms with van der Waals surface area (Å²) in [6.07, 6.45) is 10.8. The van der Waals surface area contributed by atoms with E-state index in [2.05, 4.69) is 21.2 Å². The van der Waals surface area contributed by atoms with Crippen LogP contribution >= 0.6 is 15.9 Å². The van der Waals surface area contributed by atoms with Gasteiger partial charge in [-0.05, 0) is 25.2 Å². The van der Waals surface area contributed by atoms with Gasteiger partial charge in [-0.25, -0.2) is 0 Å². The van der Waals surface area contributed by atoms with E-state index in [4.69, 9.17) is 0 Å². The van der Waals surface area contributed by atoms with Gasteiger partial charge in [-0.15, -0.1) is 0 Å². The predicted molar refractivity (Wildman–Crippen MR) is 71.8 cm³/mol. The number of carbonyl (C=O) groups is 1. The molecule has 0 bridgehead atoms. The van der Waals surface area contributed by atoms with E-state index in [1.54, 1.807) is 0 Å². The third-order valence-corrected chi connectivity index (χ3v) is 3.95. The molecule has 0 saturated heterocycles. The molecule has 1 amide bonds. The number of alkyl halides is 1. The maximum Gasteiger partial charge on any atom is 0.220 e. The smallest absolute Gasteiger partial charge is 0.220 e. The van der Waals surface area contributed by atoms with Gasteiger partial charge in [0.15, 0.2) is 0 Å². The summed E-state index contributed by atoms with van der Waals surface area (Å²) in [6, 6.07) is 0. The van der Waals surface area contributed by atoms with Crippen molar-refractivity contribution in [3.8, 4) is 0 Å². The predicted octanol–water partition coefficient (Wildman–Crippen LogP) is 3.64. The molecule has 16 heavy (non-hydrogen) atoms. The highest BCUT2D eigenvalue weighted by Gasteiger charge is 2.15. The summed E-state index contributed by atoms with van der Waals surface area (Å²) >= 11 is 3.41. The Kier molecular flexibility index (Phi) is 7.91. The maximum absolute atomic E-state index is 11.5. The lowest BCUT2D eigenvalue weighted by Crippen LogP contribution is -2.24. The standard InChI is InChI=1S/C13H24BrNO/c14-10-4-1-5-11-15-13(16)9-8-12-6-2-3-7-12/h12H,1-11H2,(H,15,16). The zero-order valence-electron chi connectivity index (χ0n) is 10.1. The van der Waals surface area contributed by atoms with Gasteiger partial charge in [0.1, 0.15) is 0 Å². The number of amides is 1. The monoisotopic (exact) mass is 289 g/mol. The fraction of sp³-hybridized carbons (Fsp3) is 0.923. The molecular formula is C13H24BrNO. The number of carbonyl (C=O) groups excluding carboxylic acids is 1. The molecule has 0 aromatic rings. The second-order valence-corrected chi connectivity index (χ2v) is 5.58. The largest absolute Gasteiger partial charge is 0.356 e. The normalized spacial score (nSPS) is 16.6. The van der Waals surface area contributed by atoms with E-state index in [1.165, 1.54) is 38.5 Å². The van der Waals surface area contributed by atoms with Crippen molar-refractivity contribution in [2.45, 2.75) is 57.8 Å². The molecular weight excluding hydrogens is 266 g/mol. The Morgan fingerprint density at radius 2 is 1.94 bits per heavy atom. The quantitative estimate of drug-likeness (QED) is 0.536. The van der Waals surface area contributed by atoms with Crippen LogP contribution in [0.3, 0.4) is 0 Å². The van der Waals surface area contributed by atoms with Gasteiger partial charge >= 0.3 is 0 Å². The minimum absolute atomic E-state index is 0.255. The molecule has 0 aromatic carbocycles. The van der Waals surface area contributed by atoms with E-state index in [9.17, 15) is 4.79 Å². The van der Waals surface area contributed by atoms with Crippen LogP contribution in [0.25, 0.3) is 0 Å². The summed E-state index contributed by atoms with van der Waals surface area (Å²) in [5.41, 5.74) is 0. The van der Waals surface area contributed by atoms with Crippen LogP contribution in [0.5, 0.6) is 0 Å². The van der Waals surface area contributed by atoms with Gasteiger partial charge in [0, 0.05) is 18.3 Å². The molecule has 3 heteroatoms. The van der Waals surface area contributed by atoms with Crippen molar-refractivity contribution < 1.29 is 4.79 Å². The van der Waals surface area contributed by atoms with E-state index in [0.717, 1.165) is 37.1 Å². The molecule has 0 unspecified atom stereocenters. The van der Waals surface area contributed by atoms with E-state index < -0.39 is 0 Å². The summed E-state index contributed by atoms with van der Waals surface area (Å²) in [4.78, 5) is 11.5. The van der Waals surface area contributed by atoms with Gasteiger partial charge in [0.2, 0.25) is 5.91 Å². The van der Waals surface area contributed by atoms with Crippen molar-refractivity contribution in [2.24, 2.45) is 5.92 Å². The second kappa shape index (κ2) is 9.03. The maximum atomic E-state index is 11.5. The van der Waals surface area contributed by atoms with Crippen LogP contribution in [-0.2, 0) is 4.79 Å². The van der Waals surface area contributed by atoms with E-state index in [1.807, 2.05) is 0 Å². The number of hydrogen-bond donors (Lipinski definition) is 1. The van der Waals surface area contributed by atoms with Gasteiger partial charge < -0.3 is 5.32 Å². The van der Waals surface area contributed by atoms with Gasteiger partial charge in [-0.2, -0.15) is 0 Å². The SMILES string of the molecule is O=C(CCC1CCCC1)NCCCCCBr. The molecule has 0 heterocycles. The Labute approximate surface area is 108 Å². The zero-order valence-corrected chi connectivity index (χ0v) is 11.7. The van der Waals surface area contributed by atoms with Gasteiger partial charge in [-0.3, -0.25) is 4.79 Å². The minimum Gasteiger partial charge on any atom is -0.356 e. The molecule has 0 aliphatic heterocycles. The van der Waals surface area contributed by atoms with Crippen LogP contribution in [-0.4, -0.2) is 17.8 Å². The van der Waals surface area contributed by atoms with Crippen molar-refractivity contribution in [1.82, 2.24) is 5.32 Å². The number of halogens is 1. The Morgan fingerprint density at radius 3 is 2.62 bits per heavy atom. The second-order valence-electron chi connectivity index (χ2n) is 4.79. The van der Waals surface area contributed by atoms with E-state index >= 15 is 0 Å². The molecule has 0 radical (unpaired) electrons. The Balaban J connectivity index is 1.90. The molecule has 0 atom stereocenters. The molecule has 1 saturated carbocycles. The number of nitrogens with one attached hydrogen (secondary N) is 1. The molecule has 1 rings (SSSR count). The first kappa shape index (κ1) is 14.0. The van der Waals surface area contributed by atoms with Crippen LogP contribution in [0.2, 0.25) is 0 Å². The zero-order chi connectivity index (χ0) is 11.6. The van der Waals surface area contributed by atoms with Crippen molar-refractivity contribution in [2.75, 3.05) is 11.9 Å². The molecule has 1 aliphatic carbocycles. The summed E-state index contributed by atoms with van der Waals surface area (Å²) < 4.78 is 0. The summed E-state index contributed by atoms with van der Waals surface area (Å²) in [5.74, 6) is 1.09. The molecule has 94 valence electrons. The number of hydrogen-bond acceptors (Lipinski definition) is 1. The Bertz CT molecular complexity index is 190. The molecule has 1 N–H and O–H groups in total. The van der Waals surface area contributed by atoms with E-state index in [0.29, 0.717) is 0 Å². The van der Waals surface area contributed by atoms with Crippen LogP contribution < -0.4 is 5.32 Å². The first-order chi connectivity index (χ1) is 7.83. The first-order valence-electron chi connectivity index (χ1n) is 6.65. The summed E-state index contributed by atoms with van der Waals surface area (Å²) in [6.45, 7) is 0.858. The summed E-state index contributed by atoms with van der Waals surface area (Å²) in [5, 5.41) is 4.08. The lowest BCUT2D eigenvalue weighted by Gasteiger charge is -2.08. The Hall–Kier alpha value is -0.0500. The number of rotatable bonds is 8. The lowest BCUT2D eigenvalue weighted by atomic mass is 10.0. The van der Waals surface area contributed by atoms with Gasteiger partial charge in [0.25, 0.3) is 0 Å². The third kappa shape index (κ3) is 6.51. The molecule has 1 fully saturated rings. The van der Waals surface area contributed by atoms with Crippen molar-refractivity contribution in [1.29, 1.82) is 0 Å². The van der Waals surface area contributed by atoms with Crippen LogP contribution in [0.1, 0.15) is 57.8 Å². The summed E-state index contributed by atoms with van der Waals surface area (Å²) in [7, 11) is 0. The van der Waals surface area contributed by atoms with Crippen LogP contribution in [0, 0.1) is 5.92 Å². The molecule has 0 spiro atoms. The van der Waals surface area contributed by atoms with Gasteiger partial charge in [0.05, 0.1) is 0 Å². The Morgan fingerprint density at radius 1 is 1.19 bits per heavy atom. The third-order valence-electron chi connectivity index (χ3n) is 3.39. The minimum atomic E-state index is 0.255. The lowest BCUT2D eigenvalue weighted by molar-refractivity contribution is -0.121. The van der Waals surface area contributed by atoms with Crippen LogP contribution in [0.4, 0.5) is 0 Å². The van der Waals surface area contributed by atoms with Crippen molar-refractivity contribution >= 4 is 21.8 Å². The molecule has 2 nitrogen and oxygen atoms in total. The first-order valence-corrected chi connectivity index (χ1v) is 7.77. The van der Waals surface area contributed by atoms with Crippen LogP contribution in [0.15, 0.2) is 0 Å². The molecule has 0 aromatic heterocycles. The highest BCUT2D eigenvalue weighted by atomic mass is 79.9. The average molecular weight is 290 g/mol. The highest BCUT2D eigenvalue weighted by Crippen LogP contribution is 2.28. The highest BCUT2D eigenvalue weighted by molar-refractivity contribution is 9.09. The average Bonchev–Trinajstić information content (AvgIpc) is 2.79. The van der Waals surface area contributed by atoms with Crippen molar-refractivity contribution in [3.63, 3.8) is 0 Å². The van der Waals surface area contributed by atoms with Gasteiger partial charge in [-0.1, -0.05) is 48.0 Å². The van der Waals surface area contributed by atoms with E-state index in [-0.39, 0.29) is 5.91 Å². The fourth-order valence-electron chi connectivity index (χ4n) is 2.35. The topological polar surface area (TPSA) is 29.1 Å².